The molecule has 0 saturated carbocycles. The number of pyridine rings is 1. The molecule has 2 aromatic heterocycles. The molecule has 1 aromatic carbocycles. The maximum Gasteiger partial charge on any atom is 0.258 e. The number of hydrogen-bond acceptors (Lipinski definition) is 3. The van der Waals surface area contributed by atoms with Crippen LogP contribution in [0.1, 0.15) is 24.2 Å². The van der Waals surface area contributed by atoms with Crippen LogP contribution in [0.3, 0.4) is 0 Å². The normalized spacial score (nSPS) is 12.5. The van der Waals surface area contributed by atoms with E-state index in [1.165, 1.54) is 22.7 Å². The van der Waals surface area contributed by atoms with Crippen LogP contribution in [0.2, 0.25) is 5.02 Å². The van der Waals surface area contributed by atoms with Gasteiger partial charge in [0, 0.05) is 30.4 Å². The fraction of sp³-hybridized carbons (Fsp3) is 0.176. The Labute approximate surface area is 137 Å². The van der Waals surface area contributed by atoms with E-state index >= 15 is 0 Å². The van der Waals surface area contributed by atoms with Crippen LogP contribution in [0.25, 0.3) is 5.65 Å². The Hall–Kier alpha value is -2.24. The van der Waals surface area contributed by atoms with Gasteiger partial charge in [-0.2, -0.15) is 0 Å². The zero-order valence-corrected chi connectivity index (χ0v) is 13.2. The molecule has 6 heteroatoms. The van der Waals surface area contributed by atoms with Crippen molar-refractivity contribution < 1.29 is 4.39 Å². The SMILES string of the molecule is C[C@@H](NCc1cc(=O)n2cc(Cl)ccc2n1)c1ccccc1F. The van der Waals surface area contributed by atoms with Gasteiger partial charge in [-0.1, -0.05) is 29.8 Å². The molecule has 0 aliphatic heterocycles. The molecule has 4 nitrogen and oxygen atoms in total. The summed E-state index contributed by atoms with van der Waals surface area (Å²) in [6, 6.07) is 11.2. The van der Waals surface area contributed by atoms with Gasteiger partial charge in [-0.3, -0.25) is 9.20 Å². The van der Waals surface area contributed by atoms with Gasteiger partial charge in [0.2, 0.25) is 0 Å². The number of rotatable bonds is 4. The van der Waals surface area contributed by atoms with Gasteiger partial charge in [0.05, 0.1) is 10.7 Å². The Morgan fingerprint density at radius 3 is 2.87 bits per heavy atom. The highest BCUT2D eigenvalue weighted by molar-refractivity contribution is 6.30. The van der Waals surface area contributed by atoms with Crippen LogP contribution in [0.4, 0.5) is 4.39 Å². The summed E-state index contributed by atoms with van der Waals surface area (Å²) in [6.45, 7) is 2.23. The first-order valence-electron chi connectivity index (χ1n) is 7.20. The van der Waals surface area contributed by atoms with Gasteiger partial charge in [0.25, 0.3) is 5.56 Å². The van der Waals surface area contributed by atoms with Crippen LogP contribution in [0.5, 0.6) is 0 Å². The topological polar surface area (TPSA) is 46.4 Å². The fourth-order valence-corrected chi connectivity index (χ4v) is 2.57. The molecule has 0 aliphatic carbocycles. The van der Waals surface area contributed by atoms with E-state index in [0.717, 1.165) is 0 Å². The van der Waals surface area contributed by atoms with E-state index in [-0.39, 0.29) is 17.4 Å². The largest absolute Gasteiger partial charge is 0.304 e. The molecule has 0 amide bonds. The van der Waals surface area contributed by atoms with Gasteiger partial charge in [-0.15, -0.1) is 0 Å². The lowest BCUT2D eigenvalue weighted by Crippen LogP contribution is -2.22. The Morgan fingerprint density at radius 1 is 1.30 bits per heavy atom. The predicted molar refractivity (Wildman–Crippen MR) is 88.1 cm³/mol. The highest BCUT2D eigenvalue weighted by Gasteiger charge is 2.10. The van der Waals surface area contributed by atoms with E-state index < -0.39 is 0 Å². The van der Waals surface area contributed by atoms with Gasteiger partial charge in [-0.25, -0.2) is 9.37 Å². The summed E-state index contributed by atoms with van der Waals surface area (Å²) in [5.41, 5.74) is 1.50. The maximum absolute atomic E-state index is 13.8. The van der Waals surface area contributed by atoms with Crippen LogP contribution >= 0.6 is 11.6 Å². The first kappa shape index (κ1) is 15.6. The van der Waals surface area contributed by atoms with Gasteiger partial charge >= 0.3 is 0 Å². The molecule has 23 heavy (non-hydrogen) atoms. The van der Waals surface area contributed by atoms with E-state index in [9.17, 15) is 9.18 Å². The van der Waals surface area contributed by atoms with Crippen molar-refractivity contribution >= 4 is 17.2 Å². The number of nitrogens with one attached hydrogen (secondary N) is 1. The average Bonchev–Trinajstić information content (AvgIpc) is 2.54. The van der Waals surface area contributed by atoms with Gasteiger partial charge < -0.3 is 5.32 Å². The third-order valence-corrected chi connectivity index (χ3v) is 3.86. The van der Waals surface area contributed by atoms with Crippen LogP contribution in [0.15, 0.2) is 53.5 Å². The zero-order valence-electron chi connectivity index (χ0n) is 12.5. The summed E-state index contributed by atoms with van der Waals surface area (Å²) in [5, 5.41) is 3.66. The van der Waals surface area contributed by atoms with Crippen LogP contribution < -0.4 is 10.9 Å². The minimum absolute atomic E-state index is 0.193. The molecule has 118 valence electrons. The lowest BCUT2D eigenvalue weighted by Gasteiger charge is -2.15. The Kier molecular flexibility index (Phi) is 4.41. The predicted octanol–water partition coefficient (Wildman–Crippen LogP) is 3.34. The van der Waals surface area contributed by atoms with E-state index in [4.69, 9.17) is 11.6 Å². The molecular formula is C17H15ClFN3O. The Bertz CT molecular complexity index is 910. The number of hydrogen-bond donors (Lipinski definition) is 1. The van der Waals surface area contributed by atoms with Crippen molar-refractivity contribution in [1.29, 1.82) is 0 Å². The molecule has 0 fully saturated rings. The summed E-state index contributed by atoms with van der Waals surface area (Å²) >= 11 is 5.88. The standard InChI is InChI=1S/C17H15ClFN3O/c1-11(14-4-2-3-5-15(14)19)20-9-13-8-17(23)22-10-12(18)6-7-16(22)21-13/h2-8,10-11,20H,9H2,1H3/t11-/m1/s1. The van der Waals surface area contributed by atoms with Crippen molar-refractivity contribution in [3.05, 3.63) is 81.1 Å². The highest BCUT2D eigenvalue weighted by atomic mass is 35.5. The first-order valence-corrected chi connectivity index (χ1v) is 7.58. The molecule has 2 heterocycles. The number of aromatic nitrogens is 2. The molecule has 1 N–H and O–H groups in total. The quantitative estimate of drug-likeness (QED) is 0.797. The Balaban J connectivity index is 1.81. The number of nitrogens with zero attached hydrogens (tertiary/aromatic N) is 2. The number of benzene rings is 1. The molecule has 3 aromatic rings. The lowest BCUT2D eigenvalue weighted by atomic mass is 10.1. The summed E-state index contributed by atoms with van der Waals surface area (Å²) in [7, 11) is 0. The molecule has 1 atom stereocenters. The second-order valence-corrected chi connectivity index (χ2v) is 5.72. The average molecular weight is 332 g/mol. The molecule has 0 spiro atoms. The van der Waals surface area contributed by atoms with Gasteiger partial charge in [0.15, 0.2) is 0 Å². The third-order valence-electron chi connectivity index (χ3n) is 3.64. The molecule has 0 unspecified atom stereocenters. The van der Waals surface area contributed by atoms with E-state index in [2.05, 4.69) is 10.3 Å². The molecule has 0 saturated heterocycles. The van der Waals surface area contributed by atoms with Crippen molar-refractivity contribution in [3.8, 4) is 0 Å². The minimum Gasteiger partial charge on any atom is -0.304 e. The fourth-order valence-electron chi connectivity index (χ4n) is 2.41. The van der Waals surface area contributed by atoms with Crippen LogP contribution in [0, 0.1) is 5.82 Å². The second-order valence-electron chi connectivity index (χ2n) is 5.29. The maximum atomic E-state index is 13.8. The zero-order chi connectivity index (χ0) is 16.4. The van der Waals surface area contributed by atoms with Crippen molar-refractivity contribution in [1.82, 2.24) is 14.7 Å². The van der Waals surface area contributed by atoms with Crippen LogP contribution in [-0.4, -0.2) is 9.38 Å². The van der Waals surface area contributed by atoms with E-state index in [1.54, 1.807) is 30.3 Å². The summed E-state index contributed by atoms with van der Waals surface area (Å²) in [5.74, 6) is -0.256. The van der Waals surface area contributed by atoms with E-state index in [1.807, 2.05) is 6.92 Å². The number of fused-ring (bicyclic) bond motifs is 1. The summed E-state index contributed by atoms with van der Waals surface area (Å²) < 4.78 is 15.1. The third kappa shape index (κ3) is 3.41. The lowest BCUT2D eigenvalue weighted by molar-refractivity contribution is 0.524. The Morgan fingerprint density at radius 2 is 2.09 bits per heavy atom. The van der Waals surface area contributed by atoms with Gasteiger partial charge in [0.1, 0.15) is 11.5 Å². The van der Waals surface area contributed by atoms with E-state index in [0.29, 0.717) is 28.5 Å². The molecule has 0 bridgehead atoms. The smallest absolute Gasteiger partial charge is 0.258 e. The molecular weight excluding hydrogens is 317 g/mol. The number of halogens is 2. The summed E-state index contributed by atoms with van der Waals surface area (Å²) in [6.07, 6.45) is 1.53. The minimum atomic E-state index is -0.256. The highest BCUT2D eigenvalue weighted by Crippen LogP contribution is 2.16. The van der Waals surface area contributed by atoms with Gasteiger partial charge in [-0.05, 0) is 25.1 Å². The summed E-state index contributed by atoms with van der Waals surface area (Å²) in [4.78, 5) is 16.5. The van der Waals surface area contributed by atoms with Crippen molar-refractivity contribution in [3.63, 3.8) is 0 Å². The van der Waals surface area contributed by atoms with Crippen molar-refractivity contribution in [2.24, 2.45) is 0 Å². The monoisotopic (exact) mass is 331 g/mol. The van der Waals surface area contributed by atoms with Crippen LogP contribution in [-0.2, 0) is 6.54 Å². The molecule has 0 aliphatic rings. The molecule has 3 rings (SSSR count). The second kappa shape index (κ2) is 6.48. The first-order chi connectivity index (χ1) is 11.0. The molecule has 0 radical (unpaired) electrons. The van der Waals surface area contributed by atoms with Crippen molar-refractivity contribution in [2.75, 3.05) is 0 Å². The van der Waals surface area contributed by atoms with Crippen molar-refractivity contribution in [2.45, 2.75) is 19.5 Å².